The van der Waals surface area contributed by atoms with Gasteiger partial charge in [-0.1, -0.05) is 35.4 Å². The monoisotopic (exact) mass is 462 g/mol. The van der Waals surface area contributed by atoms with Crippen LogP contribution in [0.5, 0.6) is 0 Å². The fraction of sp³-hybridized carbons (Fsp3) is 0.0435. The zero-order valence-electron chi connectivity index (χ0n) is 16.7. The summed E-state index contributed by atoms with van der Waals surface area (Å²) < 4.78 is 7.16. The third-order valence-electron chi connectivity index (χ3n) is 4.83. The van der Waals surface area contributed by atoms with Crippen molar-refractivity contribution in [1.29, 1.82) is 0 Å². The van der Waals surface area contributed by atoms with Crippen LogP contribution >= 0.6 is 22.9 Å². The minimum absolute atomic E-state index is 0.169. The van der Waals surface area contributed by atoms with Crippen molar-refractivity contribution >= 4 is 56.8 Å². The number of nitrogens with one attached hydrogen (secondary N) is 1. The van der Waals surface area contributed by atoms with Crippen LogP contribution in [0.3, 0.4) is 0 Å². The highest BCUT2D eigenvalue weighted by Crippen LogP contribution is 2.27. The van der Waals surface area contributed by atoms with E-state index < -0.39 is 5.91 Å². The maximum atomic E-state index is 12.6. The van der Waals surface area contributed by atoms with E-state index in [0.29, 0.717) is 21.0 Å². The first kappa shape index (κ1) is 20.2. The van der Waals surface area contributed by atoms with Crippen molar-refractivity contribution in [2.45, 2.75) is 6.92 Å². The summed E-state index contributed by atoms with van der Waals surface area (Å²) in [5, 5.41) is 10.1. The molecule has 0 saturated carbocycles. The Balaban J connectivity index is 1.37. The highest BCUT2D eigenvalue weighted by atomic mass is 35.5. The molecular weight excluding hydrogens is 448 g/mol. The molecule has 0 atom stereocenters. The van der Waals surface area contributed by atoms with Crippen molar-refractivity contribution in [2.24, 2.45) is 0 Å². The van der Waals surface area contributed by atoms with E-state index in [0.717, 1.165) is 16.8 Å². The van der Waals surface area contributed by atoms with E-state index in [1.807, 2.05) is 30.5 Å². The molecule has 158 valence electrons. The zero-order valence-corrected chi connectivity index (χ0v) is 18.3. The van der Waals surface area contributed by atoms with Gasteiger partial charge in [0.1, 0.15) is 11.8 Å². The van der Waals surface area contributed by atoms with Crippen molar-refractivity contribution < 1.29 is 9.21 Å². The second-order valence-corrected chi connectivity index (χ2v) is 8.37. The van der Waals surface area contributed by atoms with E-state index in [1.54, 1.807) is 28.8 Å². The molecule has 1 amide bonds. The predicted octanol–water partition coefficient (Wildman–Crippen LogP) is 5.18. The van der Waals surface area contributed by atoms with Crippen molar-refractivity contribution in [3.05, 3.63) is 86.6 Å². The lowest BCUT2D eigenvalue weighted by Gasteiger charge is -2.00. The molecule has 9 heteroatoms. The number of aryl methyl sites for hydroxylation is 1. The van der Waals surface area contributed by atoms with Crippen LogP contribution in [0, 0.1) is 6.92 Å². The minimum Gasteiger partial charge on any atom is -0.463 e. The number of amides is 1. The number of rotatable bonds is 4. The SMILES string of the molecule is Cc1ccc2occ(/C=C/C(=O)Nc3nc4scc(-c5ccc(Cl)cc5)n4n3)c(=O)c2c1. The van der Waals surface area contributed by atoms with E-state index in [1.165, 1.54) is 29.8 Å². The molecule has 7 nitrogen and oxygen atoms in total. The number of anilines is 1. The number of aromatic nitrogens is 3. The molecule has 1 N–H and O–H groups in total. The molecule has 0 spiro atoms. The highest BCUT2D eigenvalue weighted by molar-refractivity contribution is 7.15. The zero-order chi connectivity index (χ0) is 22.2. The molecule has 0 saturated heterocycles. The molecule has 2 aromatic carbocycles. The predicted molar refractivity (Wildman–Crippen MR) is 126 cm³/mol. The molecule has 5 rings (SSSR count). The van der Waals surface area contributed by atoms with Crippen molar-refractivity contribution in [1.82, 2.24) is 14.6 Å². The van der Waals surface area contributed by atoms with Crippen LogP contribution in [0.1, 0.15) is 11.1 Å². The number of benzene rings is 2. The van der Waals surface area contributed by atoms with Gasteiger partial charge in [0.15, 0.2) is 5.43 Å². The summed E-state index contributed by atoms with van der Waals surface area (Å²) in [5.74, 6) is -0.289. The Morgan fingerprint density at radius 2 is 2.03 bits per heavy atom. The summed E-state index contributed by atoms with van der Waals surface area (Å²) in [6, 6.07) is 12.8. The number of carbonyl (C=O) groups is 1. The summed E-state index contributed by atoms with van der Waals surface area (Å²) in [5.41, 5.74) is 3.30. The Morgan fingerprint density at radius 3 is 2.84 bits per heavy atom. The van der Waals surface area contributed by atoms with Gasteiger partial charge in [-0.3, -0.25) is 14.9 Å². The Hall–Kier alpha value is -3.75. The molecular formula is C23H15ClN4O3S. The van der Waals surface area contributed by atoms with Crippen LogP contribution in [-0.2, 0) is 4.79 Å². The standard InChI is InChI=1S/C23H15ClN4O3S/c1-13-2-8-19-17(10-13)21(30)15(11-31-19)5-9-20(29)25-22-26-23-28(27-22)18(12-32-23)14-3-6-16(24)7-4-14/h2-12H,1H3,(H,25,27,29)/b9-5+. The fourth-order valence-corrected chi connectivity index (χ4v) is 4.20. The molecule has 0 radical (unpaired) electrons. The van der Waals surface area contributed by atoms with E-state index in [-0.39, 0.29) is 16.9 Å². The number of hydrogen-bond acceptors (Lipinski definition) is 6. The first-order valence-corrected chi connectivity index (χ1v) is 10.8. The Kier molecular flexibility index (Phi) is 5.08. The summed E-state index contributed by atoms with van der Waals surface area (Å²) in [7, 11) is 0. The van der Waals surface area contributed by atoms with Crippen LogP contribution in [-0.4, -0.2) is 20.5 Å². The molecule has 0 unspecified atom stereocenters. The Bertz CT molecular complexity index is 1560. The summed E-state index contributed by atoms with van der Waals surface area (Å²) in [6.45, 7) is 1.90. The molecule has 0 aliphatic rings. The summed E-state index contributed by atoms with van der Waals surface area (Å²) in [6.07, 6.45) is 4.01. The first-order valence-electron chi connectivity index (χ1n) is 9.59. The summed E-state index contributed by atoms with van der Waals surface area (Å²) >= 11 is 7.37. The van der Waals surface area contributed by atoms with Gasteiger partial charge in [-0.2, -0.15) is 4.98 Å². The van der Waals surface area contributed by atoms with Gasteiger partial charge >= 0.3 is 0 Å². The lowest BCUT2D eigenvalue weighted by atomic mass is 10.1. The molecule has 0 bridgehead atoms. The highest BCUT2D eigenvalue weighted by Gasteiger charge is 2.13. The van der Waals surface area contributed by atoms with Gasteiger partial charge in [0.25, 0.3) is 11.9 Å². The van der Waals surface area contributed by atoms with Crippen LogP contribution < -0.4 is 10.7 Å². The van der Waals surface area contributed by atoms with Crippen LogP contribution in [0.4, 0.5) is 5.95 Å². The number of halogens is 1. The number of thiazole rings is 1. The third-order valence-corrected chi connectivity index (χ3v) is 5.89. The smallest absolute Gasteiger partial charge is 0.250 e. The van der Waals surface area contributed by atoms with Gasteiger partial charge in [-0.05, 0) is 37.3 Å². The maximum Gasteiger partial charge on any atom is 0.250 e. The number of hydrogen-bond donors (Lipinski definition) is 1. The van der Waals surface area contributed by atoms with Gasteiger partial charge in [-0.15, -0.1) is 16.4 Å². The van der Waals surface area contributed by atoms with Crippen molar-refractivity contribution in [3.8, 4) is 11.3 Å². The van der Waals surface area contributed by atoms with E-state index in [2.05, 4.69) is 15.4 Å². The Labute approximate surface area is 190 Å². The second kappa shape index (κ2) is 8.07. The lowest BCUT2D eigenvalue weighted by molar-refractivity contribution is -0.111. The topological polar surface area (TPSA) is 89.5 Å². The molecule has 0 aliphatic carbocycles. The average Bonchev–Trinajstić information content (AvgIpc) is 3.34. The van der Waals surface area contributed by atoms with Crippen molar-refractivity contribution in [2.75, 3.05) is 5.32 Å². The normalized spacial score (nSPS) is 11.6. The third kappa shape index (κ3) is 3.81. The summed E-state index contributed by atoms with van der Waals surface area (Å²) in [4.78, 5) is 30.0. The molecule has 32 heavy (non-hydrogen) atoms. The van der Waals surface area contributed by atoms with Crippen LogP contribution in [0.2, 0.25) is 5.02 Å². The quantitative estimate of drug-likeness (QED) is 0.372. The minimum atomic E-state index is -0.458. The second-order valence-electron chi connectivity index (χ2n) is 7.10. The van der Waals surface area contributed by atoms with Gasteiger partial charge in [-0.25, -0.2) is 4.52 Å². The van der Waals surface area contributed by atoms with Gasteiger partial charge in [0.2, 0.25) is 4.96 Å². The van der Waals surface area contributed by atoms with Gasteiger partial charge < -0.3 is 4.42 Å². The fourth-order valence-electron chi connectivity index (χ4n) is 3.25. The van der Waals surface area contributed by atoms with E-state index in [4.69, 9.17) is 16.0 Å². The molecule has 3 aromatic heterocycles. The van der Waals surface area contributed by atoms with Crippen LogP contribution in [0.25, 0.3) is 33.3 Å². The van der Waals surface area contributed by atoms with E-state index >= 15 is 0 Å². The largest absolute Gasteiger partial charge is 0.463 e. The maximum absolute atomic E-state index is 12.6. The van der Waals surface area contributed by atoms with Gasteiger partial charge in [0, 0.05) is 22.0 Å². The van der Waals surface area contributed by atoms with Crippen LogP contribution in [0.15, 0.2) is 69.4 Å². The van der Waals surface area contributed by atoms with E-state index in [9.17, 15) is 9.59 Å². The number of nitrogens with zero attached hydrogens (tertiary/aromatic N) is 3. The molecule has 5 aromatic rings. The van der Waals surface area contributed by atoms with Gasteiger partial charge in [0.05, 0.1) is 16.6 Å². The molecule has 0 aliphatic heterocycles. The van der Waals surface area contributed by atoms with Crippen molar-refractivity contribution in [3.63, 3.8) is 0 Å². The lowest BCUT2D eigenvalue weighted by Crippen LogP contribution is -2.10. The number of fused-ring (bicyclic) bond motifs is 2. The Morgan fingerprint density at radius 1 is 1.22 bits per heavy atom. The average molecular weight is 463 g/mol. The molecule has 3 heterocycles. The number of carbonyl (C=O) groups excluding carboxylic acids is 1. The first-order chi connectivity index (χ1) is 15.5. The molecule has 0 fully saturated rings.